The van der Waals surface area contributed by atoms with Gasteiger partial charge in [0.1, 0.15) is 23.7 Å². The molecular formula is C24H33N4O16P3. The fraction of sp³-hybridized carbons (Fsp3) is 0.458. The summed E-state index contributed by atoms with van der Waals surface area (Å²) in [6.07, 6.45) is -1.28. The van der Waals surface area contributed by atoms with Crippen LogP contribution >= 0.6 is 23.5 Å². The van der Waals surface area contributed by atoms with Gasteiger partial charge in [-0.2, -0.15) is 8.62 Å². The zero-order chi connectivity index (χ0) is 34.9. The van der Waals surface area contributed by atoms with E-state index in [0.29, 0.717) is 33.6 Å². The molecule has 2 aromatic heterocycles. The van der Waals surface area contributed by atoms with E-state index in [2.05, 4.69) is 18.1 Å². The van der Waals surface area contributed by atoms with E-state index in [1.54, 1.807) is 29.0 Å². The van der Waals surface area contributed by atoms with Crippen LogP contribution in [0.25, 0.3) is 11.0 Å². The molecule has 47 heavy (non-hydrogen) atoms. The smallest absolute Gasteiger partial charge is 0.490 e. The third-order valence-electron chi connectivity index (χ3n) is 6.92. The molecule has 4 rings (SSSR count). The molecule has 7 N–H and O–H groups in total. The highest BCUT2D eigenvalue weighted by Gasteiger charge is 2.43. The highest BCUT2D eigenvalue weighted by atomic mass is 31.3. The zero-order valence-electron chi connectivity index (χ0n) is 25.0. The van der Waals surface area contributed by atoms with Crippen LogP contribution in [0.5, 0.6) is 5.75 Å². The fourth-order valence-corrected chi connectivity index (χ4v) is 8.02. The molecule has 0 spiro atoms. The van der Waals surface area contributed by atoms with Gasteiger partial charge >= 0.3 is 23.5 Å². The summed E-state index contributed by atoms with van der Waals surface area (Å²) < 4.78 is 65.3. The molecule has 0 amide bonds. The minimum absolute atomic E-state index is 0.0732. The van der Waals surface area contributed by atoms with Gasteiger partial charge in [-0.25, -0.2) is 18.7 Å². The number of fused-ring (bicyclic) bond motifs is 1. The number of nitrogens with two attached hydrogens (primary N) is 1. The molecule has 23 heteroatoms. The van der Waals surface area contributed by atoms with E-state index in [0.717, 1.165) is 0 Å². The largest absolute Gasteiger partial charge is 0.497 e. The monoisotopic (exact) mass is 726 g/mol. The van der Waals surface area contributed by atoms with Crippen molar-refractivity contribution in [1.82, 2.24) is 9.55 Å². The summed E-state index contributed by atoms with van der Waals surface area (Å²) in [5, 5.41) is 22.9. The molecule has 1 aliphatic heterocycles. The van der Waals surface area contributed by atoms with E-state index in [4.69, 9.17) is 29.7 Å². The lowest BCUT2D eigenvalue weighted by Gasteiger charge is -2.22. The second kappa shape index (κ2) is 14.4. The Morgan fingerprint density at radius 3 is 2.47 bits per heavy atom. The van der Waals surface area contributed by atoms with Gasteiger partial charge in [0.2, 0.25) is 0 Å². The first-order valence-electron chi connectivity index (χ1n) is 13.6. The Morgan fingerprint density at radius 1 is 1.15 bits per heavy atom. The Bertz CT molecular complexity index is 1760. The molecule has 6 atom stereocenters. The van der Waals surface area contributed by atoms with Crippen molar-refractivity contribution < 1.29 is 70.7 Å². The Kier molecular flexibility index (Phi) is 11.3. The Balaban J connectivity index is 1.54. The van der Waals surface area contributed by atoms with Gasteiger partial charge in [-0.3, -0.25) is 14.6 Å². The Morgan fingerprint density at radius 2 is 1.85 bits per heavy atom. The quantitative estimate of drug-likeness (QED) is 0.0742. The molecule has 0 saturated carbocycles. The standard InChI is InChI=1S/C24H33N4O16P3/c1-13(2)23(16-5-4-15(39-3)8-18(16)28(30)31)40-11-14-10-27(24-22(14)17(25)6-7-26-24)21-9-19(29)20(42-21)12-41-46(35,36)44-47(37,38)43-45(32,33)34/h4-8,10,13,19-21,23,29H,9,11-12H2,1-3H3,(H2,25,26)(H,35,36)(H,37,38)(H2,32,33,34)/t19?,20-,21-,23?/m1/s1. The first-order valence-corrected chi connectivity index (χ1v) is 18.1. The fourth-order valence-electron chi connectivity index (χ4n) is 4.99. The van der Waals surface area contributed by atoms with Gasteiger partial charge < -0.3 is 49.2 Å². The number of phosphoric ester groups is 1. The SMILES string of the molecule is COc1ccc(C(OCc2cn([C@H]3CC(O)[C@@H](COP(=O)(O)OP(=O)(O)OP(=O)(O)O)O3)c3nccc(N)c23)C(C)C)c([N+](=O)[O-])c1. The van der Waals surface area contributed by atoms with Gasteiger partial charge in [0, 0.05) is 35.5 Å². The summed E-state index contributed by atoms with van der Waals surface area (Å²) in [4.78, 5) is 52.2. The number of hydrogen-bond donors (Lipinski definition) is 6. The molecule has 3 heterocycles. The lowest BCUT2D eigenvalue weighted by molar-refractivity contribution is -0.386. The number of hydrogen-bond acceptors (Lipinski definition) is 14. The molecule has 1 fully saturated rings. The van der Waals surface area contributed by atoms with Crippen LogP contribution in [0.1, 0.15) is 43.7 Å². The topological polar surface area (TPSA) is 295 Å². The van der Waals surface area contributed by atoms with Gasteiger partial charge in [0.05, 0.1) is 49.1 Å². The van der Waals surface area contributed by atoms with Gasteiger partial charge in [-0.15, -0.1) is 0 Å². The lowest BCUT2D eigenvalue weighted by atomic mass is 9.97. The average Bonchev–Trinajstić information content (AvgIpc) is 3.50. The zero-order valence-corrected chi connectivity index (χ0v) is 27.6. The van der Waals surface area contributed by atoms with Crippen LogP contribution in [0.15, 0.2) is 36.7 Å². The Labute approximate surface area is 266 Å². The van der Waals surface area contributed by atoms with E-state index < -0.39 is 59.5 Å². The molecule has 1 aliphatic rings. The third kappa shape index (κ3) is 9.22. The molecule has 0 radical (unpaired) electrons. The molecule has 0 bridgehead atoms. The number of nitro benzene ring substituents is 1. The number of nitrogen functional groups attached to an aromatic ring is 1. The first-order chi connectivity index (χ1) is 21.8. The summed E-state index contributed by atoms with van der Waals surface area (Å²) in [6.45, 7) is 2.75. The van der Waals surface area contributed by atoms with Crippen LogP contribution in [0.4, 0.5) is 11.4 Å². The minimum atomic E-state index is -5.73. The maximum Gasteiger partial charge on any atom is 0.490 e. The molecule has 0 aliphatic carbocycles. The Hall–Kier alpha value is -2.80. The number of anilines is 1. The van der Waals surface area contributed by atoms with Crippen molar-refractivity contribution in [1.29, 1.82) is 0 Å². The lowest BCUT2D eigenvalue weighted by Crippen LogP contribution is -2.26. The van der Waals surface area contributed by atoms with Gasteiger partial charge in [0.15, 0.2) is 0 Å². The average molecular weight is 726 g/mol. The van der Waals surface area contributed by atoms with Crippen molar-refractivity contribution in [3.63, 3.8) is 0 Å². The van der Waals surface area contributed by atoms with Crippen molar-refractivity contribution >= 4 is 45.9 Å². The molecular weight excluding hydrogens is 693 g/mol. The normalized spacial score (nSPS) is 21.9. The van der Waals surface area contributed by atoms with E-state index in [9.17, 15) is 38.7 Å². The van der Waals surface area contributed by atoms with Gasteiger partial charge in [-0.1, -0.05) is 13.8 Å². The van der Waals surface area contributed by atoms with Crippen molar-refractivity contribution in [2.45, 2.75) is 51.4 Å². The predicted octanol–water partition coefficient (Wildman–Crippen LogP) is 3.44. The van der Waals surface area contributed by atoms with E-state index in [1.807, 2.05) is 13.8 Å². The van der Waals surface area contributed by atoms with Crippen LogP contribution in [-0.4, -0.2) is 65.1 Å². The second-order valence-electron chi connectivity index (χ2n) is 10.6. The van der Waals surface area contributed by atoms with Crippen molar-refractivity contribution in [2.24, 2.45) is 5.92 Å². The molecule has 4 unspecified atom stereocenters. The van der Waals surface area contributed by atoms with Crippen LogP contribution < -0.4 is 10.5 Å². The molecule has 20 nitrogen and oxygen atoms in total. The highest BCUT2D eigenvalue weighted by molar-refractivity contribution is 7.66. The number of aliphatic hydroxyl groups is 1. The number of nitrogens with zero attached hydrogens (tertiary/aromatic N) is 3. The van der Waals surface area contributed by atoms with Crippen LogP contribution in [0, 0.1) is 16.0 Å². The predicted molar refractivity (Wildman–Crippen MR) is 161 cm³/mol. The van der Waals surface area contributed by atoms with E-state index in [-0.39, 0.29) is 24.6 Å². The minimum Gasteiger partial charge on any atom is -0.497 e. The van der Waals surface area contributed by atoms with E-state index >= 15 is 0 Å². The summed E-state index contributed by atoms with van der Waals surface area (Å²) in [7, 11) is -15.4. The van der Waals surface area contributed by atoms with Crippen molar-refractivity contribution in [3.05, 3.63) is 57.9 Å². The van der Waals surface area contributed by atoms with Crippen LogP contribution in [-0.2, 0) is 42.9 Å². The van der Waals surface area contributed by atoms with Crippen LogP contribution in [0.3, 0.4) is 0 Å². The van der Waals surface area contributed by atoms with E-state index in [1.165, 1.54) is 19.4 Å². The number of pyridine rings is 1. The molecule has 1 saturated heterocycles. The number of aromatic nitrogens is 2. The maximum atomic E-state index is 12.1. The number of aliphatic hydroxyl groups excluding tert-OH is 1. The summed E-state index contributed by atoms with van der Waals surface area (Å²) in [5.41, 5.74) is 7.62. The third-order valence-corrected chi connectivity index (χ3v) is 10.7. The summed E-state index contributed by atoms with van der Waals surface area (Å²) in [5.74, 6) is 0.110. The number of ether oxygens (including phenoxy) is 3. The van der Waals surface area contributed by atoms with Crippen molar-refractivity contribution in [2.75, 3.05) is 19.5 Å². The molecule has 3 aromatic rings. The number of benzene rings is 1. The highest BCUT2D eigenvalue weighted by Crippen LogP contribution is 2.66. The van der Waals surface area contributed by atoms with Gasteiger partial charge in [-0.05, 0) is 24.1 Å². The summed E-state index contributed by atoms with van der Waals surface area (Å²) >= 11 is 0. The molecule has 260 valence electrons. The second-order valence-corrected chi connectivity index (χ2v) is 15.1. The number of nitro groups is 1. The number of rotatable bonds is 15. The summed E-state index contributed by atoms with van der Waals surface area (Å²) in [6, 6.07) is 6.03. The molecule has 1 aromatic carbocycles. The number of phosphoric acid groups is 3. The van der Waals surface area contributed by atoms with Crippen molar-refractivity contribution in [3.8, 4) is 5.75 Å². The van der Waals surface area contributed by atoms with Crippen LogP contribution in [0.2, 0.25) is 0 Å². The van der Waals surface area contributed by atoms with Gasteiger partial charge in [0.25, 0.3) is 5.69 Å². The maximum absolute atomic E-state index is 12.1. The number of methoxy groups -OCH3 is 1. The first kappa shape index (κ1) is 37.0.